The normalized spacial score (nSPS) is 10.9. The van der Waals surface area contributed by atoms with Crippen molar-refractivity contribution in [2.45, 2.75) is 11.2 Å². The van der Waals surface area contributed by atoms with Gasteiger partial charge in [0.05, 0.1) is 42.5 Å². The number of aromatic nitrogens is 1. The van der Waals surface area contributed by atoms with E-state index in [0.29, 0.717) is 22.8 Å². The van der Waals surface area contributed by atoms with Gasteiger partial charge < -0.3 is 14.8 Å². The number of para-hydroxylation sites is 1. The van der Waals surface area contributed by atoms with Crippen LogP contribution in [0.4, 0.5) is 18.9 Å². The number of nitrogens with zero attached hydrogens (tertiary/aromatic N) is 2. The van der Waals surface area contributed by atoms with Gasteiger partial charge in [0.2, 0.25) is 5.91 Å². The van der Waals surface area contributed by atoms with E-state index in [1.165, 1.54) is 32.4 Å². The first-order valence-corrected chi connectivity index (χ1v) is 10.5. The Morgan fingerprint density at radius 2 is 1.82 bits per heavy atom. The summed E-state index contributed by atoms with van der Waals surface area (Å²) in [5, 5.41) is 12.0. The van der Waals surface area contributed by atoms with Crippen LogP contribution in [0.2, 0.25) is 0 Å². The monoisotopic (exact) mass is 473 g/mol. The molecule has 33 heavy (non-hydrogen) atoms. The van der Waals surface area contributed by atoms with Crippen molar-refractivity contribution in [2.75, 3.05) is 25.3 Å². The molecule has 170 valence electrons. The van der Waals surface area contributed by atoms with Gasteiger partial charge in [0, 0.05) is 5.56 Å². The lowest BCUT2D eigenvalue weighted by molar-refractivity contribution is -0.137. The van der Waals surface area contributed by atoms with E-state index in [-0.39, 0.29) is 22.0 Å². The molecule has 0 unspecified atom stereocenters. The van der Waals surface area contributed by atoms with Gasteiger partial charge in [0.25, 0.3) is 0 Å². The number of hydrogen-bond acceptors (Lipinski definition) is 6. The summed E-state index contributed by atoms with van der Waals surface area (Å²) in [6.07, 6.45) is -4.60. The molecule has 0 bridgehead atoms. The molecule has 3 aromatic rings. The molecule has 0 fully saturated rings. The number of nitrogens with one attached hydrogen (secondary N) is 1. The summed E-state index contributed by atoms with van der Waals surface area (Å²) in [7, 11) is 3.02. The molecule has 0 aliphatic heterocycles. The summed E-state index contributed by atoms with van der Waals surface area (Å²) in [6, 6.07) is 15.2. The molecule has 0 aliphatic rings. The number of carbonyl (C=O) groups excluding carboxylic acids is 1. The standard InChI is InChI=1S/C23H18F3N3O3S/c1-31-19-10-8-14(11-20(19)32-2)17-9-7-15(12-27)22(29-17)33-13-21(30)28-18-6-4-3-5-16(18)23(24,25)26/h3-11H,13H2,1-2H3,(H,28,30). The number of nitriles is 1. The van der Waals surface area contributed by atoms with Crippen molar-refractivity contribution in [3.05, 3.63) is 65.7 Å². The van der Waals surface area contributed by atoms with E-state index in [1.54, 1.807) is 30.3 Å². The van der Waals surface area contributed by atoms with Crippen molar-refractivity contribution in [1.29, 1.82) is 5.26 Å². The third-order valence-corrected chi connectivity index (χ3v) is 5.50. The van der Waals surface area contributed by atoms with Gasteiger partial charge in [-0.1, -0.05) is 23.9 Å². The molecule has 1 aromatic heterocycles. The van der Waals surface area contributed by atoms with E-state index >= 15 is 0 Å². The Labute approximate surface area is 192 Å². The Kier molecular flexibility index (Phi) is 7.45. The lowest BCUT2D eigenvalue weighted by atomic mass is 10.1. The SMILES string of the molecule is COc1ccc(-c2ccc(C#N)c(SCC(=O)Nc3ccccc3C(F)(F)F)n2)cc1OC. The number of methoxy groups -OCH3 is 2. The van der Waals surface area contributed by atoms with E-state index in [0.717, 1.165) is 17.8 Å². The zero-order valence-electron chi connectivity index (χ0n) is 17.6. The molecule has 10 heteroatoms. The van der Waals surface area contributed by atoms with E-state index in [1.807, 2.05) is 6.07 Å². The quantitative estimate of drug-likeness (QED) is 0.464. The van der Waals surface area contributed by atoms with Crippen molar-refractivity contribution in [3.8, 4) is 28.8 Å². The van der Waals surface area contributed by atoms with Crippen LogP contribution >= 0.6 is 11.8 Å². The third kappa shape index (κ3) is 5.75. The highest BCUT2D eigenvalue weighted by atomic mass is 32.2. The lowest BCUT2D eigenvalue weighted by Gasteiger charge is -2.13. The number of alkyl halides is 3. The van der Waals surface area contributed by atoms with Crippen LogP contribution in [-0.4, -0.2) is 30.9 Å². The van der Waals surface area contributed by atoms with Crippen LogP contribution in [0.1, 0.15) is 11.1 Å². The zero-order chi connectivity index (χ0) is 24.0. The topological polar surface area (TPSA) is 84.2 Å². The number of amides is 1. The van der Waals surface area contributed by atoms with Crippen molar-refractivity contribution in [2.24, 2.45) is 0 Å². The molecule has 1 amide bonds. The second kappa shape index (κ2) is 10.3. The van der Waals surface area contributed by atoms with Gasteiger partial charge in [-0.3, -0.25) is 4.79 Å². The highest BCUT2D eigenvalue weighted by Gasteiger charge is 2.33. The number of carbonyl (C=O) groups is 1. The molecule has 0 radical (unpaired) electrons. The maximum atomic E-state index is 13.1. The molecule has 0 saturated carbocycles. The first-order valence-electron chi connectivity index (χ1n) is 9.49. The van der Waals surface area contributed by atoms with Gasteiger partial charge >= 0.3 is 6.18 Å². The molecule has 0 saturated heterocycles. The smallest absolute Gasteiger partial charge is 0.418 e. The summed E-state index contributed by atoms with van der Waals surface area (Å²) in [4.78, 5) is 16.8. The highest BCUT2D eigenvalue weighted by Crippen LogP contribution is 2.35. The van der Waals surface area contributed by atoms with Gasteiger partial charge in [-0.25, -0.2) is 4.98 Å². The molecular formula is C23H18F3N3O3S. The fourth-order valence-electron chi connectivity index (χ4n) is 2.95. The Hall–Kier alpha value is -3.71. The van der Waals surface area contributed by atoms with Gasteiger partial charge in [0.1, 0.15) is 11.1 Å². The van der Waals surface area contributed by atoms with Crippen molar-refractivity contribution in [3.63, 3.8) is 0 Å². The fraction of sp³-hybridized carbons (Fsp3) is 0.174. The maximum Gasteiger partial charge on any atom is 0.418 e. The highest BCUT2D eigenvalue weighted by molar-refractivity contribution is 8.00. The van der Waals surface area contributed by atoms with Crippen LogP contribution in [0, 0.1) is 11.3 Å². The van der Waals surface area contributed by atoms with E-state index < -0.39 is 17.6 Å². The third-order valence-electron chi connectivity index (χ3n) is 4.51. The molecule has 0 spiro atoms. The summed E-state index contributed by atoms with van der Waals surface area (Å²) in [6.45, 7) is 0. The fourth-order valence-corrected chi connectivity index (χ4v) is 3.72. The van der Waals surface area contributed by atoms with Crippen molar-refractivity contribution >= 4 is 23.4 Å². The number of rotatable bonds is 7. The van der Waals surface area contributed by atoms with Crippen LogP contribution in [-0.2, 0) is 11.0 Å². The predicted molar refractivity (Wildman–Crippen MR) is 118 cm³/mol. The number of hydrogen-bond donors (Lipinski definition) is 1. The van der Waals surface area contributed by atoms with E-state index in [9.17, 15) is 23.2 Å². The minimum atomic E-state index is -4.60. The zero-order valence-corrected chi connectivity index (χ0v) is 18.4. The number of thioether (sulfide) groups is 1. The second-order valence-corrected chi connectivity index (χ2v) is 7.58. The van der Waals surface area contributed by atoms with Crippen LogP contribution in [0.3, 0.4) is 0 Å². The van der Waals surface area contributed by atoms with Gasteiger partial charge in [-0.2, -0.15) is 18.4 Å². The Balaban J connectivity index is 1.79. The van der Waals surface area contributed by atoms with Crippen LogP contribution < -0.4 is 14.8 Å². The molecule has 6 nitrogen and oxygen atoms in total. The molecule has 3 rings (SSSR count). The Morgan fingerprint density at radius 1 is 1.09 bits per heavy atom. The molecule has 1 heterocycles. The molecule has 0 atom stereocenters. The second-order valence-electron chi connectivity index (χ2n) is 6.61. The summed E-state index contributed by atoms with van der Waals surface area (Å²) in [5.41, 5.74) is 0.202. The maximum absolute atomic E-state index is 13.1. The van der Waals surface area contributed by atoms with Gasteiger partial charge in [-0.15, -0.1) is 0 Å². The van der Waals surface area contributed by atoms with Crippen LogP contribution in [0.5, 0.6) is 11.5 Å². The molecule has 2 aromatic carbocycles. The summed E-state index contributed by atoms with van der Waals surface area (Å²) >= 11 is 0.956. The minimum Gasteiger partial charge on any atom is -0.493 e. The Morgan fingerprint density at radius 3 is 2.48 bits per heavy atom. The van der Waals surface area contributed by atoms with Crippen LogP contribution in [0.15, 0.2) is 59.6 Å². The molecule has 1 N–H and O–H groups in total. The summed E-state index contributed by atoms with van der Waals surface area (Å²) in [5.74, 6) is 0.153. The number of ether oxygens (including phenoxy) is 2. The van der Waals surface area contributed by atoms with E-state index in [4.69, 9.17) is 9.47 Å². The average molecular weight is 473 g/mol. The number of pyridine rings is 1. The largest absolute Gasteiger partial charge is 0.493 e. The molecule has 0 aliphatic carbocycles. The van der Waals surface area contributed by atoms with Crippen molar-refractivity contribution < 1.29 is 27.4 Å². The average Bonchev–Trinajstić information content (AvgIpc) is 2.81. The first kappa shape index (κ1) is 23.9. The first-order chi connectivity index (χ1) is 15.8. The lowest BCUT2D eigenvalue weighted by Crippen LogP contribution is -2.18. The minimum absolute atomic E-state index is 0.233. The van der Waals surface area contributed by atoms with Gasteiger partial charge in [0.15, 0.2) is 11.5 Å². The number of halogens is 3. The summed E-state index contributed by atoms with van der Waals surface area (Å²) < 4.78 is 49.9. The van der Waals surface area contributed by atoms with E-state index in [2.05, 4.69) is 10.3 Å². The molecular weight excluding hydrogens is 455 g/mol. The predicted octanol–water partition coefficient (Wildman–Crippen LogP) is 5.39. The number of anilines is 1. The van der Waals surface area contributed by atoms with Gasteiger partial charge in [-0.05, 0) is 42.5 Å². The van der Waals surface area contributed by atoms with Crippen LogP contribution in [0.25, 0.3) is 11.3 Å². The number of benzene rings is 2. The Bertz CT molecular complexity index is 1210. The van der Waals surface area contributed by atoms with Crippen molar-refractivity contribution in [1.82, 2.24) is 4.98 Å².